The summed E-state index contributed by atoms with van der Waals surface area (Å²) in [5, 5.41) is 29.6. The predicted molar refractivity (Wildman–Crippen MR) is 260 cm³/mol. The SMILES string of the molecule is CC(C)(C)OC(=O)N[C@@H](Cc1cnc[nH]1)C(=O)O.CN(C(=O)NCc1cccc(F)c1Cl)[C@H](COC(=O)Nc1cc2cc(F)ccc2cn1)Cc1cnc[nH]1.CN[C@H](CO)Cc1cnc[nH]1.S.S. The molecule has 4 heterocycles. The Labute approximate surface area is 409 Å². The van der Waals surface area contributed by atoms with Gasteiger partial charge in [0.2, 0.25) is 0 Å². The molecule has 2 aromatic carbocycles. The lowest BCUT2D eigenvalue weighted by molar-refractivity contribution is -0.139. The van der Waals surface area contributed by atoms with Crippen molar-refractivity contribution < 1.29 is 47.6 Å². The van der Waals surface area contributed by atoms with E-state index in [1.807, 2.05) is 7.05 Å². The fraction of sp³-hybridized carbons (Fsp3) is 0.349. The number of likely N-dealkylation sites (N-methyl/N-ethyl adjacent to an activating group) is 2. The molecule has 9 N–H and O–H groups in total. The summed E-state index contributed by atoms with van der Waals surface area (Å²) in [5.74, 6) is -1.93. The minimum absolute atomic E-state index is 0. The van der Waals surface area contributed by atoms with Crippen LogP contribution in [-0.2, 0) is 40.1 Å². The van der Waals surface area contributed by atoms with Crippen molar-refractivity contribution in [3.05, 3.63) is 126 Å². The van der Waals surface area contributed by atoms with Crippen LogP contribution in [-0.4, -0.2) is 125 Å². The molecule has 4 aromatic heterocycles. The summed E-state index contributed by atoms with van der Waals surface area (Å²) in [6.07, 6.45) is 10.6. The van der Waals surface area contributed by atoms with E-state index in [9.17, 15) is 28.0 Å². The summed E-state index contributed by atoms with van der Waals surface area (Å²) in [4.78, 5) is 73.6. The van der Waals surface area contributed by atoms with E-state index < -0.39 is 53.5 Å². The number of nitrogens with zero attached hydrogens (tertiary/aromatic N) is 5. The van der Waals surface area contributed by atoms with Gasteiger partial charge in [0.1, 0.15) is 35.7 Å². The van der Waals surface area contributed by atoms with Crippen LogP contribution in [0.25, 0.3) is 10.8 Å². The molecule has 4 amide bonds. The number of ether oxygens (including phenoxy) is 2. The number of rotatable bonds is 16. The molecule has 0 radical (unpaired) electrons. The van der Waals surface area contributed by atoms with E-state index in [1.54, 1.807) is 58.7 Å². The number of hydrogen-bond acceptors (Lipinski definition) is 12. The number of imidazole rings is 3. The number of pyridine rings is 1. The zero-order valence-electron chi connectivity index (χ0n) is 37.8. The van der Waals surface area contributed by atoms with Crippen LogP contribution in [0.5, 0.6) is 0 Å². The number of hydrogen-bond donors (Lipinski definition) is 9. The van der Waals surface area contributed by atoms with Crippen LogP contribution in [0, 0.1) is 11.6 Å². The van der Waals surface area contributed by atoms with Gasteiger partial charge in [-0.1, -0.05) is 23.7 Å². The number of carbonyl (C=O) groups is 4. The number of alkyl carbamates (subject to hydrolysis) is 1. The van der Waals surface area contributed by atoms with Crippen molar-refractivity contribution in [2.24, 2.45) is 0 Å². The minimum Gasteiger partial charge on any atom is -0.480 e. The van der Waals surface area contributed by atoms with E-state index >= 15 is 0 Å². The molecule has 0 aliphatic heterocycles. The first-order valence-electron chi connectivity index (χ1n) is 20.3. The van der Waals surface area contributed by atoms with Crippen LogP contribution in [0.3, 0.4) is 0 Å². The first kappa shape index (κ1) is 57.7. The zero-order valence-corrected chi connectivity index (χ0v) is 40.5. The van der Waals surface area contributed by atoms with Gasteiger partial charge in [-0.05, 0) is 69.1 Å². The Hall–Kier alpha value is -6.47. The number of aliphatic carboxylic acids is 1. The van der Waals surface area contributed by atoms with Crippen molar-refractivity contribution in [3.8, 4) is 0 Å². The predicted octanol–water partition coefficient (Wildman–Crippen LogP) is 5.58. The van der Waals surface area contributed by atoms with E-state index in [1.165, 1.54) is 60.3 Å². The Morgan fingerprint density at radius 2 is 1.47 bits per heavy atom. The van der Waals surface area contributed by atoms with Gasteiger partial charge in [-0.2, -0.15) is 27.0 Å². The van der Waals surface area contributed by atoms with Gasteiger partial charge < -0.3 is 55.5 Å². The summed E-state index contributed by atoms with van der Waals surface area (Å²) < 4.78 is 37.6. The number of aromatic nitrogens is 7. The molecular formula is C43H57ClF2N12O8S2. The number of aromatic amines is 3. The molecule has 6 rings (SSSR count). The summed E-state index contributed by atoms with van der Waals surface area (Å²) in [6.45, 7) is 5.12. The van der Waals surface area contributed by atoms with Crippen molar-refractivity contribution in [2.75, 3.05) is 32.6 Å². The number of urea groups is 1. The summed E-state index contributed by atoms with van der Waals surface area (Å²) in [6, 6.07) is 8.12. The van der Waals surface area contributed by atoms with Gasteiger partial charge in [-0.3, -0.25) is 5.32 Å². The quantitative estimate of drug-likeness (QED) is 0.0574. The van der Waals surface area contributed by atoms with E-state index in [0.29, 0.717) is 28.5 Å². The fourth-order valence-electron chi connectivity index (χ4n) is 5.78. The molecule has 0 spiro atoms. The van der Waals surface area contributed by atoms with Gasteiger partial charge in [-0.25, -0.2) is 47.9 Å². The molecule has 0 aliphatic rings. The maximum absolute atomic E-state index is 13.7. The minimum atomic E-state index is -1.13. The third kappa shape index (κ3) is 19.8. The Bertz CT molecular complexity index is 2450. The van der Waals surface area contributed by atoms with Gasteiger partial charge >= 0.3 is 24.2 Å². The number of aliphatic hydroxyl groups is 1. The maximum Gasteiger partial charge on any atom is 0.412 e. The lowest BCUT2D eigenvalue weighted by atomic mass is 10.1. The lowest BCUT2D eigenvalue weighted by Crippen LogP contribution is -2.47. The van der Waals surface area contributed by atoms with Crippen LogP contribution in [0.2, 0.25) is 5.02 Å². The number of aliphatic hydroxyl groups excluding tert-OH is 1. The number of H-pyrrole nitrogens is 3. The van der Waals surface area contributed by atoms with Crippen molar-refractivity contribution >= 4 is 79.4 Å². The third-order valence-corrected chi connectivity index (χ3v) is 9.70. The van der Waals surface area contributed by atoms with Crippen LogP contribution >= 0.6 is 38.6 Å². The highest BCUT2D eigenvalue weighted by atomic mass is 35.5. The van der Waals surface area contributed by atoms with Gasteiger partial charge in [-0.15, -0.1) is 0 Å². The van der Waals surface area contributed by atoms with Crippen molar-refractivity contribution in [2.45, 2.75) is 70.3 Å². The Kier molecular flexibility index (Phi) is 24.3. The smallest absolute Gasteiger partial charge is 0.412 e. The maximum atomic E-state index is 13.7. The molecule has 25 heteroatoms. The zero-order chi connectivity index (χ0) is 48.2. The Balaban J connectivity index is 0.000000424. The van der Waals surface area contributed by atoms with E-state index in [-0.39, 0.29) is 70.1 Å². The van der Waals surface area contributed by atoms with Crippen LogP contribution in [0.4, 0.5) is 29.0 Å². The first-order valence-corrected chi connectivity index (χ1v) is 20.7. The van der Waals surface area contributed by atoms with E-state index in [0.717, 1.165) is 17.8 Å². The highest BCUT2D eigenvalue weighted by Crippen LogP contribution is 2.20. The Morgan fingerprint density at radius 3 is 2.03 bits per heavy atom. The van der Waals surface area contributed by atoms with Gasteiger partial charge in [0.25, 0.3) is 0 Å². The first-order chi connectivity index (χ1) is 31.4. The second-order valence-electron chi connectivity index (χ2n) is 15.5. The van der Waals surface area contributed by atoms with Gasteiger partial charge in [0.15, 0.2) is 0 Å². The van der Waals surface area contributed by atoms with E-state index in [2.05, 4.69) is 56.2 Å². The highest BCUT2D eigenvalue weighted by Gasteiger charge is 2.25. The van der Waals surface area contributed by atoms with Crippen molar-refractivity contribution in [1.82, 2.24) is 55.7 Å². The number of carbonyl (C=O) groups excluding carboxylic acids is 3. The van der Waals surface area contributed by atoms with Crippen LogP contribution < -0.4 is 21.3 Å². The van der Waals surface area contributed by atoms with Gasteiger partial charge in [0, 0.05) is 86.2 Å². The number of nitrogens with one attached hydrogen (secondary N) is 7. The second-order valence-corrected chi connectivity index (χ2v) is 15.8. The molecule has 0 fully saturated rings. The number of amides is 4. The highest BCUT2D eigenvalue weighted by molar-refractivity contribution is 7.59. The normalized spacial score (nSPS) is 11.9. The molecule has 20 nitrogen and oxygen atoms in total. The summed E-state index contributed by atoms with van der Waals surface area (Å²) >= 11 is 5.97. The van der Waals surface area contributed by atoms with Crippen LogP contribution in [0.15, 0.2) is 86.2 Å². The molecule has 0 aliphatic carbocycles. The number of anilines is 1. The summed E-state index contributed by atoms with van der Waals surface area (Å²) in [7, 11) is 3.38. The molecule has 68 heavy (non-hydrogen) atoms. The lowest BCUT2D eigenvalue weighted by Gasteiger charge is -2.28. The molecule has 0 saturated carbocycles. The molecule has 370 valence electrons. The third-order valence-electron chi connectivity index (χ3n) is 9.28. The monoisotopic (exact) mass is 1010 g/mol. The molecular weight excluding hydrogens is 950 g/mol. The second kappa shape index (κ2) is 28.6. The molecule has 0 bridgehead atoms. The average Bonchev–Trinajstić information content (AvgIpc) is 4.10. The molecule has 0 saturated heterocycles. The standard InChI is InChI=1S/C25H23ClF2N6O3.C11H17N3O4.C7H13N3O.2H2S/c1-34(24(35)31-11-16-3-2-4-21(28)23(16)26)20(9-19-12-29-14-32-19)13-37-25(36)33-22-8-17-7-18(27)6-5-15(17)10-30-22;1-11(2,3)18-10(17)14-8(9(15)16)4-7-5-12-6-13-7;1-8-7(4-11)2-6-3-9-5-10-6;;/h2-8,10,12,14,20H,9,11,13H2,1H3,(H,29,32)(H,31,35)(H,30,33,36);5-6,8H,4H2,1-3H3,(H,12,13)(H,14,17)(H,15,16);3,5,7-8,11H,2,4H2,1H3,(H,9,10);2*1H2/t20-;8-;7-;;/m000../s1. The van der Waals surface area contributed by atoms with Gasteiger partial charge in [0.05, 0.1) is 36.7 Å². The van der Waals surface area contributed by atoms with Crippen molar-refractivity contribution in [3.63, 3.8) is 0 Å². The topological polar surface area (TPSA) is 277 Å². The number of benzene rings is 2. The summed E-state index contributed by atoms with van der Waals surface area (Å²) in [5.41, 5.74) is 2.14. The number of carboxylic acids is 1. The average molecular weight is 1010 g/mol. The molecule has 0 unspecified atom stereocenters. The number of halogens is 3. The van der Waals surface area contributed by atoms with Crippen LogP contribution in [0.1, 0.15) is 43.4 Å². The Morgan fingerprint density at radius 1 is 0.853 bits per heavy atom. The largest absolute Gasteiger partial charge is 0.480 e. The number of carboxylic acid groups (broad SMARTS) is 1. The van der Waals surface area contributed by atoms with E-state index in [4.69, 9.17) is 31.3 Å². The fourth-order valence-corrected chi connectivity index (χ4v) is 5.98. The molecule has 3 atom stereocenters. The van der Waals surface area contributed by atoms with Crippen molar-refractivity contribution in [1.29, 1.82) is 0 Å². The molecule has 6 aromatic rings. The number of fused-ring (bicyclic) bond motifs is 1.